The molecular weight excluding hydrogens is 254 g/mol. The summed E-state index contributed by atoms with van der Waals surface area (Å²) in [5.74, 6) is 0.325. The van der Waals surface area contributed by atoms with Gasteiger partial charge in [0.2, 0.25) is 0 Å². The highest BCUT2D eigenvalue weighted by atomic mass is 35.5. The van der Waals surface area contributed by atoms with Gasteiger partial charge in [-0.05, 0) is 24.8 Å². The van der Waals surface area contributed by atoms with E-state index < -0.39 is 6.10 Å². The van der Waals surface area contributed by atoms with Crippen molar-refractivity contribution in [2.75, 3.05) is 19.3 Å². The van der Waals surface area contributed by atoms with E-state index in [1.165, 1.54) is 17.2 Å². The van der Waals surface area contributed by atoms with E-state index in [0.29, 0.717) is 18.0 Å². The van der Waals surface area contributed by atoms with Crippen molar-refractivity contribution in [3.05, 3.63) is 22.8 Å². The first kappa shape index (κ1) is 13.1. The monoisotopic (exact) mass is 269 g/mol. The van der Waals surface area contributed by atoms with Gasteiger partial charge in [0.25, 0.3) is 5.91 Å². The normalized spacial score (nSPS) is 16.4. The van der Waals surface area contributed by atoms with Crippen molar-refractivity contribution in [3.63, 3.8) is 0 Å². The minimum absolute atomic E-state index is 0.203. The fourth-order valence-electron chi connectivity index (χ4n) is 1.78. The predicted molar refractivity (Wildman–Crippen MR) is 69.4 cm³/mol. The molecule has 1 aliphatic rings. The maximum absolute atomic E-state index is 12.1. The van der Waals surface area contributed by atoms with Crippen LogP contribution in [0.25, 0.3) is 0 Å². The molecule has 1 unspecified atom stereocenters. The van der Waals surface area contributed by atoms with Crippen LogP contribution in [0.5, 0.6) is 0 Å². The number of aromatic nitrogens is 1. The van der Waals surface area contributed by atoms with Gasteiger partial charge in [-0.25, -0.2) is 4.98 Å². The average Bonchev–Trinajstić information content (AvgIpc) is 3.15. The van der Waals surface area contributed by atoms with Crippen LogP contribution < -0.4 is 5.73 Å². The van der Waals surface area contributed by atoms with Gasteiger partial charge < -0.3 is 15.7 Å². The van der Waals surface area contributed by atoms with E-state index in [4.69, 9.17) is 17.3 Å². The Balaban J connectivity index is 2.02. The van der Waals surface area contributed by atoms with Gasteiger partial charge in [0.05, 0.1) is 16.7 Å². The number of nitrogens with zero attached hydrogens (tertiary/aromatic N) is 2. The molecule has 1 amide bonds. The smallest absolute Gasteiger partial charge is 0.255 e. The average molecular weight is 270 g/mol. The summed E-state index contributed by atoms with van der Waals surface area (Å²) < 4.78 is 0. The highest BCUT2D eigenvalue weighted by molar-refractivity contribution is 6.33. The number of hydrogen-bond donors (Lipinski definition) is 2. The minimum atomic E-state index is -0.448. The Morgan fingerprint density at radius 3 is 2.94 bits per heavy atom. The zero-order chi connectivity index (χ0) is 13.3. The van der Waals surface area contributed by atoms with Crippen molar-refractivity contribution in [2.45, 2.75) is 18.9 Å². The van der Waals surface area contributed by atoms with Crippen LogP contribution in [0, 0.1) is 5.92 Å². The summed E-state index contributed by atoms with van der Waals surface area (Å²) in [6, 6.07) is 1.49. The van der Waals surface area contributed by atoms with Crippen LogP contribution in [0.1, 0.15) is 23.2 Å². The molecule has 1 saturated carbocycles. The van der Waals surface area contributed by atoms with Crippen molar-refractivity contribution in [1.29, 1.82) is 0 Å². The number of aliphatic hydroxyl groups is 1. The van der Waals surface area contributed by atoms with Crippen molar-refractivity contribution < 1.29 is 9.90 Å². The molecule has 0 saturated heterocycles. The fourth-order valence-corrected chi connectivity index (χ4v) is 1.95. The number of likely N-dealkylation sites (N-methyl/N-ethyl adjacent to an activating group) is 1. The van der Waals surface area contributed by atoms with E-state index in [-0.39, 0.29) is 16.7 Å². The van der Waals surface area contributed by atoms with Crippen LogP contribution in [0.4, 0.5) is 5.82 Å². The summed E-state index contributed by atoms with van der Waals surface area (Å²) in [5.41, 5.74) is 5.86. The molecule has 1 aromatic rings. The van der Waals surface area contributed by atoms with Gasteiger partial charge in [0.15, 0.2) is 0 Å². The third-order valence-corrected chi connectivity index (χ3v) is 3.39. The van der Waals surface area contributed by atoms with Crippen molar-refractivity contribution in [3.8, 4) is 0 Å². The molecule has 1 heterocycles. The van der Waals surface area contributed by atoms with Gasteiger partial charge in [-0.15, -0.1) is 0 Å². The molecule has 3 N–H and O–H groups in total. The van der Waals surface area contributed by atoms with Crippen LogP contribution in [-0.2, 0) is 0 Å². The van der Waals surface area contributed by atoms with E-state index in [2.05, 4.69) is 4.98 Å². The highest BCUT2D eigenvalue weighted by Gasteiger charge is 2.31. The molecule has 2 rings (SSSR count). The summed E-state index contributed by atoms with van der Waals surface area (Å²) in [7, 11) is 1.65. The number of carbonyl (C=O) groups is 1. The van der Waals surface area contributed by atoms with Crippen LogP contribution >= 0.6 is 11.6 Å². The lowest BCUT2D eigenvalue weighted by atomic mass is 10.2. The second kappa shape index (κ2) is 5.12. The first-order chi connectivity index (χ1) is 8.49. The van der Waals surface area contributed by atoms with Gasteiger partial charge in [-0.1, -0.05) is 11.6 Å². The summed E-state index contributed by atoms with van der Waals surface area (Å²) in [5, 5.41) is 10.1. The zero-order valence-corrected chi connectivity index (χ0v) is 10.9. The number of nitrogen functional groups attached to an aromatic ring is 1. The van der Waals surface area contributed by atoms with Gasteiger partial charge in [-0.2, -0.15) is 0 Å². The number of rotatable bonds is 4. The number of anilines is 1. The SMILES string of the molecule is CN(CC(O)C1CC1)C(=O)c1cnc(N)c(Cl)c1. The maximum Gasteiger partial charge on any atom is 0.255 e. The minimum Gasteiger partial charge on any atom is -0.391 e. The molecule has 98 valence electrons. The van der Waals surface area contributed by atoms with E-state index >= 15 is 0 Å². The number of amides is 1. The predicted octanol–water partition coefficient (Wildman–Crippen LogP) is 1.16. The molecular formula is C12H16ClN3O2. The molecule has 0 bridgehead atoms. The largest absolute Gasteiger partial charge is 0.391 e. The van der Waals surface area contributed by atoms with Gasteiger partial charge in [0, 0.05) is 19.8 Å². The van der Waals surface area contributed by atoms with Crippen LogP contribution in [0.2, 0.25) is 5.02 Å². The molecule has 6 heteroatoms. The second-order valence-corrected chi connectivity index (χ2v) is 5.09. The molecule has 1 atom stereocenters. The quantitative estimate of drug-likeness (QED) is 0.860. The summed E-state index contributed by atoms with van der Waals surface area (Å²) in [4.78, 5) is 17.4. The molecule has 1 fully saturated rings. The number of halogens is 1. The maximum atomic E-state index is 12.1. The summed E-state index contributed by atoms with van der Waals surface area (Å²) >= 11 is 5.82. The lowest BCUT2D eigenvalue weighted by Crippen LogP contribution is -2.35. The Morgan fingerprint density at radius 2 is 2.39 bits per heavy atom. The lowest BCUT2D eigenvalue weighted by molar-refractivity contribution is 0.0645. The number of carbonyl (C=O) groups excluding carboxylic acids is 1. The molecule has 0 aliphatic heterocycles. The molecule has 18 heavy (non-hydrogen) atoms. The van der Waals surface area contributed by atoms with Gasteiger partial charge >= 0.3 is 0 Å². The fraction of sp³-hybridized carbons (Fsp3) is 0.500. The Labute approximate surface area is 111 Å². The second-order valence-electron chi connectivity index (χ2n) is 4.68. The third-order valence-electron chi connectivity index (χ3n) is 3.09. The van der Waals surface area contributed by atoms with E-state index in [9.17, 15) is 9.90 Å². The number of aliphatic hydroxyl groups excluding tert-OH is 1. The summed E-state index contributed by atoms with van der Waals surface area (Å²) in [6.07, 6.45) is 3.02. The Morgan fingerprint density at radius 1 is 1.72 bits per heavy atom. The van der Waals surface area contributed by atoms with Crippen LogP contribution in [0.3, 0.4) is 0 Å². The van der Waals surface area contributed by atoms with Crippen molar-refractivity contribution in [2.24, 2.45) is 5.92 Å². The number of hydrogen-bond acceptors (Lipinski definition) is 4. The molecule has 1 aliphatic carbocycles. The van der Waals surface area contributed by atoms with Crippen molar-refractivity contribution in [1.82, 2.24) is 9.88 Å². The first-order valence-corrected chi connectivity index (χ1v) is 6.21. The van der Waals surface area contributed by atoms with Crippen LogP contribution in [0.15, 0.2) is 12.3 Å². The number of pyridine rings is 1. The molecule has 0 spiro atoms. The van der Waals surface area contributed by atoms with Gasteiger partial charge in [0.1, 0.15) is 5.82 Å². The topological polar surface area (TPSA) is 79.5 Å². The standard InChI is InChI=1S/C12H16ClN3O2/c1-16(6-10(17)7-2-3-7)12(18)8-4-9(13)11(14)15-5-8/h4-5,7,10,17H,2-3,6H2,1H3,(H2,14,15). The molecule has 5 nitrogen and oxygen atoms in total. The van der Waals surface area contributed by atoms with Gasteiger partial charge in [-0.3, -0.25) is 4.79 Å². The zero-order valence-electron chi connectivity index (χ0n) is 10.1. The van der Waals surface area contributed by atoms with Crippen molar-refractivity contribution >= 4 is 23.3 Å². The van der Waals surface area contributed by atoms with Crippen LogP contribution in [-0.4, -0.2) is 40.6 Å². The molecule has 1 aromatic heterocycles. The lowest BCUT2D eigenvalue weighted by Gasteiger charge is -2.20. The molecule has 0 radical (unpaired) electrons. The first-order valence-electron chi connectivity index (χ1n) is 5.83. The Hall–Kier alpha value is -1.33. The number of nitrogens with two attached hydrogens (primary N) is 1. The molecule has 0 aromatic carbocycles. The van der Waals surface area contributed by atoms with E-state index in [0.717, 1.165) is 12.8 Å². The highest BCUT2D eigenvalue weighted by Crippen LogP contribution is 2.32. The van der Waals surface area contributed by atoms with E-state index in [1.54, 1.807) is 7.05 Å². The Kier molecular flexibility index (Phi) is 3.73. The Bertz CT molecular complexity index is 463. The third kappa shape index (κ3) is 2.91. The van der Waals surface area contributed by atoms with E-state index in [1.807, 2.05) is 0 Å². The summed E-state index contributed by atoms with van der Waals surface area (Å²) in [6.45, 7) is 0.325.